The quantitative estimate of drug-likeness (QED) is 0.798. The van der Waals surface area contributed by atoms with Crippen LogP contribution in [0.5, 0.6) is 0 Å². The van der Waals surface area contributed by atoms with Crippen LogP contribution in [-0.4, -0.2) is 23.7 Å². The molecule has 0 aromatic carbocycles. The van der Waals surface area contributed by atoms with Crippen molar-refractivity contribution in [3.63, 3.8) is 0 Å². The molecule has 2 aromatic heterocycles. The number of furan rings is 1. The van der Waals surface area contributed by atoms with E-state index < -0.39 is 0 Å². The number of hydrogen-bond donors (Lipinski definition) is 1. The van der Waals surface area contributed by atoms with Gasteiger partial charge in [-0.25, -0.2) is 4.98 Å². The van der Waals surface area contributed by atoms with Crippen LogP contribution in [0.2, 0.25) is 0 Å². The number of H-pyrrole nitrogens is 1. The van der Waals surface area contributed by atoms with Crippen molar-refractivity contribution in [2.45, 2.75) is 12.8 Å². The normalized spacial score (nSPS) is 10.6. The van der Waals surface area contributed by atoms with E-state index in [9.17, 15) is 4.79 Å². The van der Waals surface area contributed by atoms with E-state index in [2.05, 4.69) is 9.97 Å². The minimum Gasteiger partial charge on any atom is -0.461 e. The van der Waals surface area contributed by atoms with Gasteiger partial charge in [0, 0.05) is 25.5 Å². The Morgan fingerprint density at radius 3 is 3.12 bits per heavy atom. The summed E-state index contributed by atoms with van der Waals surface area (Å²) in [5.74, 6) is 1.03. The number of nitrogens with one attached hydrogen (secondary N) is 1. The van der Waals surface area contributed by atoms with Gasteiger partial charge in [0.15, 0.2) is 11.6 Å². The summed E-state index contributed by atoms with van der Waals surface area (Å²) in [7, 11) is 1.65. The predicted molar refractivity (Wildman–Crippen MR) is 62.8 cm³/mol. The van der Waals surface area contributed by atoms with Crippen molar-refractivity contribution in [1.82, 2.24) is 9.97 Å². The zero-order chi connectivity index (χ0) is 12.1. The Bertz CT molecular complexity index is 517. The summed E-state index contributed by atoms with van der Waals surface area (Å²) in [5, 5.41) is 0. The molecule has 2 rings (SSSR count). The fraction of sp³-hybridized carbons (Fsp3) is 0.333. The first-order valence-corrected chi connectivity index (χ1v) is 5.42. The van der Waals surface area contributed by atoms with Gasteiger partial charge in [0.25, 0.3) is 5.56 Å². The minimum absolute atomic E-state index is 0.168. The summed E-state index contributed by atoms with van der Waals surface area (Å²) in [4.78, 5) is 18.5. The van der Waals surface area contributed by atoms with Crippen LogP contribution in [0.3, 0.4) is 0 Å². The summed E-state index contributed by atoms with van der Waals surface area (Å²) in [6.07, 6.45) is 3.10. The first-order valence-electron chi connectivity index (χ1n) is 5.42. The molecule has 0 bridgehead atoms. The standard InChI is InChI=1S/C12H14N2O3/c1-16-6-2-4-9-8-11(15)14-12(13-9)10-5-3-7-17-10/h3,5,7-8H,2,4,6H2,1H3,(H,13,14,15). The van der Waals surface area contributed by atoms with Crippen LogP contribution < -0.4 is 5.56 Å². The molecule has 0 fully saturated rings. The van der Waals surface area contributed by atoms with Gasteiger partial charge in [-0.05, 0) is 25.0 Å². The highest BCUT2D eigenvalue weighted by atomic mass is 16.5. The molecule has 0 atom stereocenters. The highest BCUT2D eigenvalue weighted by molar-refractivity contribution is 5.45. The molecule has 1 N–H and O–H groups in total. The molecule has 2 heterocycles. The largest absolute Gasteiger partial charge is 0.461 e. The second kappa shape index (κ2) is 5.45. The SMILES string of the molecule is COCCCc1cc(=O)[nH]c(-c2ccco2)n1. The molecular formula is C12H14N2O3. The molecule has 0 aliphatic carbocycles. The predicted octanol–water partition coefficient (Wildman–Crippen LogP) is 1.61. The zero-order valence-corrected chi connectivity index (χ0v) is 9.60. The van der Waals surface area contributed by atoms with E-state index in [0.717, 1.165) is 12.1 Å². The van der Waals surface area contributed by atoms with E-state index in [0.29, 0.717) is 24.6 Å². The Morgan fingerprint density at radius 1 is 1.53 bits per heavy atom. The van der Waals surface area contributed by atoms with Crippen LogP contribution in [0, 0.1) is 0 Å². The third-order valence-corrected chi connectivity index (χ3v) is 2.33. The third kappa shape index (κ3) is 3.04. The van der Waals surface area contributed by atoms with Crippen molar-refractivity contribution >= 4 is 0 Å². The van der Waals surface area contributed by atoms with Crippen molar-refractivity contribution in [1.29, 1.82) is 0 Å². The van der Waals surface area contributed by atoms with Crippen molar-refractivity contribution in [2.24, 2.45) is 0 Å². The van der Waals surface area contributed by atoms with E-state index >= 15 is 0 Å². The second-order valence-electron chi connectivity index (χ2n) is 3.66. The molecule has 0 radical (unpaired) electrons. The average Bonchev–Trinajstić information content (AvgIpc) is 2.82. The highest BCUT2D eigenvalue weighted by Crippen LogP contribution is 2.13. The minimum atomic E-state index is -0.168. The van der Waals surface area contributed by atoms with Crippen molar-refractivity contribution in [3.8, 4) is 11.6 Å². The number of aryl methyl sites for hydroxylation is 1. The maximum Gasteiger partial charge on any atom is 0.251 e. The number of methoxy groups -OCH3 is 1. The first kappa shape index (κ1) is 11.6. The summed E-state index contributed by atoms with van der Waals surface area (Å²) >= 11 is 0. The lowest BCUT2D eigenvalue weighted by Crippen LogP contribution is -2.10. The number of ether oxygens (including phenoxy) is 1. The maximum atomic E-state index is 11.5. The van der Waals surface area contributed by atoms with Gasteiger partial charge in [-0.3, -0.25) is 4.79 Å². The van der Waals surface area contributed by atoms with E-state index in [1.54, 1.807) is 25.5 Å². The zero-order valence-electron chi connectivity index (χ0n) is 9.60. The first-order chi connectivity index (χ1) is 8.29. The van der Waals surface area contributed by atoms with E-state index in [4.69, 9.17) is 9.15 Å². The van der Waals surface area contributed by atoms with Gasteiger partial charge >= 0.3 is 0 Å². The van der Waals surface area contributed by atoms with Crippen molar-refractivity contribution < 1.29 is 9.15 Å². The molecular weight excluding hydrogens is 220 g/mol. The lowest BCUT2D eigenvalue weighted by Gasteiger charge is -2.02. The maximum absolute atomic E-state index is 11.5. The number of hydrogen-bond acceptors (Lipinski definition) is 4. The smallest absolute Gasteiger partial charge is 0.251 e. The van der Waals surface area contributed by atoms with Gasteiger partial charge in [0.2, 0.25) is 0 Å². The Kier molecular flexibility index (Phi) is 3.72. The van der Waals surface area contributed by atoms with Crippen LogP contribution in [0.4, 0.5) is 0 Å². The molecule has 0 aliphatic rings. The van der Waals surface area contributed by atoms with E-state index in [1.807, 2.05) is 0 Å². The molecule has 5 heteroatoms. The number of nitrogens with zero attached hydrogens (tertiary/aromatic N) is 1. The average molecular weight is 234 g/mol. The molecule has 0 saturated heterocycles. The van der Waals surface area contributed by atoms with Crippen LogP contribution >= 0.6 is 0 Å². The fourth-order valence-corrected chi connectivity index (χ4v) is 1.56. The summed E-state index contributed by atoms with van der Waals surface area (Å²) < 4.78 is 10.2. The van der Waals surface area contributed by atoms with Gasteiger partial charge in [0.05, 0.1) is 6.26 Å². The van der Waals surface area contributed by atoms with Crippen molar-refractivity contribution in [2.75, 3.05) is 13.7 Å². The van der Waals surface area contributed by atoms with Gasteiger partial charge in [-0.2, -0.15) is 0 Å². The van der Waals surface area contributed by atoms with Gasteiger partial charge in [-0.1, -0.05) is 0 Å². The van der Waals surface area contributed by atoms with E-state index in [1.165, 1.54) is 6.07 Å². The Morgan fingerprint density at radius 2 is 2.41 bits per heavy atom. The highest BCUT2D eigenvalue weighted by Gasteiger charge is 2.06. The molecule has 5 nitrogen and oxygen atoms in total. The lowest BCUT2D eigenvalue weighted by molar-refractivity contribution is 0.195. The number of rotatable bonds is 5. The van der Waals surface area contributed by atoms with Gasteiger partial charge < -0.3 is 14.1 Å². The summed E-state index contributed by atoms with van der Waals surface area (Å²) in [5.41, 5.74) is 0.580. The molecule has 0 saturated carbocycles. The van der Waals surface area contributed by atoms with Gasteiger partial charge in [0.1, 0.15) is 0 Å². The summed E-state index contributed by atoms with van der Waals surface area (Å²) in [6.45, 7) is 0.657. The van der Waals surface area contributed by atoms with Crippen LogP contribution in [0.1, 0.15) is 12.1 Å². The molecule has 0 amide bonds. The van der Waals surface area contributed by atoms with Crippen molar-refractivity contribution in [3.05, 3.63) is 40.5 Å². The van der Waals surface area contributed by atoms with Crippen LogP contribution in [-0.2, 0) is 11.2 Å². The lowest BCUT2D eigenvalue weighted by atomic mass is 10.2. The molecule has 0 spiro atoms. The summed E-state index contributed by atoms with van der Waals surface area (Å²) in [6, 6.07) is 5.02. The second-order valence-corrected chi connectivity index (χ2v) is 3.66. The molecule has 0 aliphatic heterocycles. The Balaban J connectivity index is 2.21. The van der Waals surface area contributed by atoms with Crippen LogP contribution in [0.15, 0.2) is 33.7 Å². The van der Waals surface area contributed by atoms with Gasteiger partial charge in [-0.15, -0.1) is 0 Å². The number of aromatic nitrogens is 2. The Hall–Kier alpha value is -1.88. The monoisotopic (exact) mass is 234 g/mol. The number of aromatic amines is 1. The van der Waals surface area contributed by atoms with Crippen LogP contribution in [0.25, 0.3) is 11.6 Å². The third-order valence-electron chi connectivity index (χ3n) is 2.33. The molecule has 90 valence electrons. The molecule has 17 heavy (non-hydrogen) atoms. The fourth-order valence-electron chi connectivity index (χ4n) is 1.56. The topological polar surface area (TPSA) is 68.1 Å². The molecule has 0 unspecified atom stereocenters. The molecule has 2 aromatic rings. The Labute approximate surface area is 98.5 Å². The van der Waals surface area contributed by atoms with E-state index in [-0.39, 0.29) is 5.56 Å².